The first-order valence-electron chi connectivity index (χ1n) is 5.90. The highest BCUT2D eigenvalue weighted by Crippen LogP contribution is 2.28. The molecule has 0 amide bonds. The van der Waals surface area contributed by atoms with E-state index in [0.29, 0.717) is 11.0 Å². The van der Waals surface area contributed by atoms with E-state index in [1.54, 1.807) is 10.4 Å². The van der Waals surface area contributed by atoms with Crippen molar-refractivity contribution in [3.63, 3.8) is 0 Å². The van der Waals surface area contributed by atoms with E-state index in [0.717, 1.165) is 19.5 Å². The highest BCUT2D eigenvalue weighted by atomic mass is 79.9. The molecule has 102 valence electrons. The minimum Gasteiger partial charge on any atom is -0.451 e. The standard InChI is InChI=1S/C11H17BrN2O3S/c1-3-9-8-13(2)5-6-14(9)18(15,16)11-10(12)4-7-17-11/h4,7,9H,3,5-6,8H2,1-2H3. The van der Waals surface area contributed by atoms with Gasteiger partial charge in [-0.2, -0.15) is 4.31 Å². The molecule has 0 spiro atoms. The number of rotatable bonds is 3. The van der Waals surface area contributed by atoms with Gasteiger partial charge in [0.2, 0.25) is 5.09 Å². The van der Waals surface area contributed by atoms with Crippen molar-refractivity contribution in [1.82, 2.24) is 9.21 Å². The van der Waals surface area contributed by atoms with Crippen LogP contribution in [0.25, 0.3) is 0 Å². The van der Waals surface area contributed by atoms with Gasteiger partial charge in [-0.3, -0.25) is 0 Å². The van der Waals surface area contributed by atoms with Crippen LogP contribution in [0.2, 0.25) is 0 Å². The third-order valence-electron chi connectivity index (χ3n) is 3.23. The van der Waals surface area contributed by atoms with Gasteiger partial charge < -0.3 is 9.32 Å². The summed E-state index contributed by atoms with van der Waals surface area (Å²) in [4.78, 5) is 2.15. The normalized spacial score (nSPS) is 23.4. The molecule has 7 heteroatoms. The predicted octanol–water partition coefficient (Wildman–Crippen LogP) is 1.76. The van der Waals surface area contributed by atoms with E-state index in [2.05, 4.69) is 20.8 Å². The fraction of sp³-hybridized carbons (Fsp3) is 0.636. The Bertz CT molecular complexity index is 514. The topological polar surface area (TPSA) is 53.8 Å². The molecule has 1 aliphatic heterocycles. The number of hydrogen-bond donors (Lipinski definition) is 0. The molecule has 1 unspecified atom stereocenters. The van der Waals surface area contributed by atoms with Gasteiger partial charge in [-0.05, 0) is 35.5 Å². The first-order chi connectivity index (χ1) is 8.46. The third-order valence-corrected chi connectivity index (χ3v) is 6.00. The number of piperazine rings is 1. The first kappa shape index (κ1) is 14.0. The van der Waals surface area contributed by atoms with Crippen molar-refractivity contribution < 1.29 is 12.8 Å². The van der Waals surface area contributed by atoms with Crippen LogP contribution in [-0.4, -0.2) is 50.3 Å². The molecule has 0 aliphatic carbocycles. The largest absolute Gasteiger partial charge is 0.451 e. The van der Waals surface area contributed by atoms with Gasteiger partial charge in [0.15, 0.2) is 0 Å². The second kappa shape index (κ2) is 5.32. The Hall–Kier alpha value is -0.370. The first-order valence-corrected chi connectivity index (χ1v) is 8.13. The molecule has 18 heavy (non-hydrogen) atoms. The van der Waals surface area contributed by atoms with Crippen LogP contribution < -0.4 is 0 Å². The lowest BCUT2D eigenvalue weighted by Crippen LogP contribution is -2.53. The Morgan fingerprint density at radius 2 is 2.22 bits per heavy atom. The summed E-state index contributed by atoms with van der Waals surface area (Å²) < 4.78 is 32.2. The van der Waals surface area contributed by atoms with Crippen molar-refractivity contribution in [2.45, 2.75) is 24.5 Å². The molecule has 0 bridgehead atoms. The quantitative estimate of drug-likeness (QED) is 0.843. The number of nitrogens with zero attached hydrogens (tertiary/aromatic N) is 2. The molecule has 1 aromatic rings. The summed E-state index contributed by atoms with van der Waals surface area (Å²) in [6.07, 6.45) is 2.18. The van der Waals surface area contributed by atoms with Crippen LogP contribution in [0.3, 0.4) is 0 Å². The van der Waals surface area contributed by atoms with Gasteiger partial charge in [0.1, 0.15) is 0 Å². The molecular formula is C11H17BrN2O3S. The SMILES string of the molecule is CCC1CN(C)CCN1S(=O)(=O)c1occc1Br. The summed E-state index contributed by atoms with van der Waals surface area (Å²) in [5.74, 6) is 0. The second-order valence-electron chi connectivity index (χ2n) is 4.50. The smallest absolute Gasteiger partial charge is 0.277 e. The fourth-order valence-corrected chi connectivity index (χ4v) is 4.66. The van der Waals surface area contributed by atoms with Crippen LogP contribution in [0.5, 0.6) is 0 Å². The maximum atomic E-state index is 12.5. The van der Waals surface area contributed by atoms with E-state index < -0.39 is 10.0 Å². The average Bonchev–Trinajstić information content (AvgIpc) is 2.75. The van der Waals surface area contributed by atoms with Crippen molar-refractivity contribution in [2.75, 3.05) is 26.7 Å². The molecule has 1 aliphatic rings. The van der Waals surface area contributed by atoms with E-state index in [9.17, 15) is 8.42 Å². The summed E-state index contributed by atoms with van der Waals surface area (Å²) in [6.45, 7) is 4.01. The number of halogens is 1. The van der Waals surface area contributed by atoms with Gasteiger partial charge in [0, 0.05) is 25.7 Å². The second-order valence-corrected chi connectivity index (χ2v) is 7.14. The molecule has 0 saturated carbocycles. The fourth-order valence-electron chi connectivity index (χ4n) is 2.21. The average molecular weight is 337 g/mol. The van der Waals surface area contributed by atoms with Crippen LogP contribution in [0, 0.1) is 0 Å². The zero-order valence-corrected chi connectivity index (χ0v) is 12.9. The van der Waals surface area contributed by atoms with E-state index in [1.807, 2.05) is 14.0 Å². The van der Waals surface area contributed by atoms with Gasteiger partial charge in [0.25, 0.3) is 10.0 Å². The number of furan rings is 1. The predicted molar refractivity (Wildman–Crippen MR) is 71.9 cm³/mol. The highest BCUT2D eigenvalue weighted by molar-refractivity contribution is 9.10. The molecule has 1 aromatic heterocycles. The van der Waals surface area contributed by atoms with Gasteiger partial charge >= 0.3 is 0 Å². The molecule has 1 saturated heterocycles. The summed E-state index contributed by atoms with van der Waals surface area (Å²) >= 11 is 3.21. The Kier molecular flexibility index (Phi) is 4.15. The zero-order chi connectivity index (χ0) is 13.3. The lowest BCUT2D eigenvalue weighted by atomic mass is 10.2. The molecule has 2 heterocycles. The van der Waals surface area contributed by atoms with Crippen LogP contribution in [0.15, 0.2) is 26.3 Å². The van der Waals surface area contributed by atoms with Gasteiger partial charge in [-0.1, -0.05) is 6.92 Å². The monoisotopic (exact) mass is 336 g/mol. The Morgan fingerprint density at radius 3 is 2.78 bits per heavy atom. The Morgan fingerprint density at radius 1 is 1.50 bits per heavy atom. The van der Waals surface area contributed by atoms with Crippen molar-refractivity contribution in [2.24, 2.45) is 0 Å². The molecule has 1 atom stereocenters. The van der Waals surface area contributed by atoms with Crippen LogP contribution in [0.4, 0.5) is 0 Å². The minimum absolute atomic E-state index is 0.00510. The highest BCUT2D eigenvalue weighted by Gasteiger charge is 2.36. The third kappa shape index (κ3) is 2.49. The molecule has 1 fully saturated rings. The summed E-state index contributed by atoms with van der Waals surface area (Å²) in [5.41, 5.74) is 0. The summed E-state index contributed by atoms with van der Waals surface area (Å²) in [5, 5.41) is 0.00510. The van der Waals surface area contributed by atoms with E-state index in [1.165, 1.54) is 6.26 Å². The minimum atomic E-state index is -3.54. The number of hydrogen-bond acceptors (Lipinski definition) is 4. The molecule has 0 N–H and O–H groups in total. The summed E-state index contributed by atoms with van der Waals surface area (Å²) in [6, 6.07) is 1.61. The maximum Gasteiger partial charge on any atom is 0.277 e. The van der Waals surface area contributed by atoms with Crippen LogP contribution in [-0.2, 0) is 10.0 Å². The maximum absolute atomic E-state index is 12.5. The van der Waals surface area contributed by atoms with E-state index >= 15 is 0 Å². The molecular weight excluding hydrogens is 320 g/mol. The lowest BCUT2D eigenvalue weighted by molar-refractivity contribution is 0.154. The van der Waals surface area contributed by atoms with E-state index in [-0.39, 0.29) is 11.1 Å². The zero-order valence-electron chi connectivity index (χ0n) is 10.5. The van der Waals surface area contributed by atoms with Gasteiger partial charge in [-0.25, -0.2) is 8.42 Å². The molecule has 5 nitrogen and oxygen atoms in total. The number of sulfonamides is 1. The van der Waals surface area contributed by atoms with E-state index in [4.69, 9.17) is 4.42 Å². The Labute approximate surface area is 116 Å². The number of likely N-dealkylation sites (N-methyl/N-ethyl adjacent to an activating group) is 1. The Balaban J connectivity index is 2.32. The van der Waals surface area contributed by atoms with Crippen LogP contribution >= 0.6 is 15.9 Å². The van der Waals surface area contributed by atoms with Crippen molar-refractivity contribution >= 4 is 26.0 Å². The summed E-state index contributed by atoms with van der Waals surface area (Å²) in [7, 11) is -1.53. The van der Waals surface area contributed by atoms with Crippen LogP contribution in [0.1, 0.15) is 13.3 Å². The van der Waals surface area contributed by atoms with Crippen molar-refractivity contribution in [3.05, 3.63) is 16.8 Å². The van der Waals surface area contributed by atoms with Crippen molar-refractivity contribution in [3.8, 4) is 0 Å². The lowest BCUT2D eigenvalue weighted by Gasteiger charge is -2.38. The van der Waals surface area contributed by atoms with Crippen molar-refractivity contribution in [1.29, 1.82) is 0 Å². The van der Waals surface area contributed by atoms with Gasteiger partial charge in [0.05, 0.1) is 10.7 Å². The molecule has 0 aromatic carbocycles. The molecule has 2 rings (SSSR count). The van der Waals surface area contributed by atoms with Gasteiger partial charge in [-0.15, -0.1) is 0 Å². The molecule has 0 radical (unpaired) electrons.